The van der Waals surface area contributed by atoms with Gasteiger partial charge in [-0.05, 0) is 38.9 Å². The van der Waals surface area contributed by atoms with Gasteiger partial charge in [-0.3, -0.25) is 4.98 Å². The van der Waals surface area contributed by atoms with Crippen LogP contribution >= 0.6 is 0 Å². The third kappa shape index (κ3) is 3.93. The number of para-hydroxylation sites is 1. The number of carbonyl (C=O) groups is 1. The number of esters is 1. The van der Waals surface area contributed by atoms with Crippen LogP contribution in [0.4, 0.5) is 5.69 Å². The van der Waals surface area contributed by atoms with Crippen molar-refractivity contribution in [2.24, 2.45) is 0 Å². The van der Waals surface area contributed by atoms with E-state index < -0.39 is 0 Å². The van der Waals surface area contributed by atoms with Crippen LogP contribution in [-0.4, -0.2) is 55.2 Å². The van der Waals surface area contributed by atoms with Crippen LogP contribution in [0.3, 0.4) is 0 Å². The molecular weight excluding hydrogens is 314 g/mol. The van der Waals surface area contributed by atoms with Gasteiger partial charge in [0.05, 0.1) is 17.8 Å². The average Bonchev–Trinajstić information content (AvgIpc) is 2.87. The fourth-order valence-electron chi connectivity index (χ4n) is 3.56. The van der Waals surface area contributed by atoms with Gasteiger partial charge < -0.3 is 14.5 Å². The molecule has 0 radical (unpaired) electrons. The van der Waals surface area contributed by atoms with Gasteiger partial charge in [-0.15, -0.1) is 0 Å². The molecule has 25 heavy (non-hydrogen) atoms. The minimum atomic E-state index is -0.287. The van der Waals surface area contributed by atoms with Gasteiger partial charge in [-0.2, -0.15) is 0 Å². The highest BCUT2D eigenvalue weighted by Gasteiger charge is 2.23. The summed E-state index contributed by atoms with van der Waals surface area (Å²) < 4.78 is 5.28. The summed E-state index contributed by atoms with van der Waals surface area (Å²) in [5.74, 6) is -0.287. The first-order valence-electron chi connectivity index (χ1n) is 9.26. The molecule has 2 aromatic rings. The second kappa shape index (κ2) is 8.30. The molecule has 0 amide bonds. The fraction of sp³-hybridized carbons (Fsp3) is 0.500. The molecule has 1 aromatic heterocycles. The summed E-state index contributed by atoms with van der Waals surface area (Å²) in [6.45, 7) is 9.55. The molecule has 0 spiro atoms. The number of benzene rings is 1. The lowest BCUT2D eigenvalue weighted by atomic mass is 10.1. The van der Waals surface area contributed by atoms with Crippen molar-refractivity contribution < 1.29 is 9.53 Å². The van der Waals surface area contributed by atoms with E-state index in [1.54, 1.807) is 6.20 Å². The van der Waals surface area contributed by atoms with Gasteiger partial charge >= 0.3 is 5.97 Å². The number of aromatic nitrogens is 1. The van der Waals surface area contributed by atoms with Gasteiger partial charge in [0.1, 0.15) is 5.56 Å². The lowest BCUT2D eigenvalue weighted by molar-refractivity contribution is 0.0527. The maximum absolute atomic E-state index is 12.5. The topological polar surface area (TPSA) is 45.7 Å². The first-order valence-corrected chi connectivity index (χ1v) is 9.26. The molecule has 0 aliphatic carbocycles. The number of carbonyl (C=O) groups excluding carboxylic acids is 1. The van der Waals surface area contributed by atoms with E-state index in [1.165, 1.54) is 6.42 Å². The van der Waals surface area contributed by atoms with Crippen LogP contribution < -0.4 is 4.90 Å². The molecule has 0 atom stereocenters. The van der Waals surface area contributed by atoms with Crippen LogP contribution in [0.5, 0.6) is 0 Å². The molecule has 1 aliphatic rings. The van der Waals surface area contributed by atoms with Gasteiger partial charge in [0.25, 0.3) is 0 Å². The Kier molecular flexibility index (Phi) is 5.87. The molecule has 1 saturated heterocycles. The highest BCUT2D eigenvalue weighted by molar-refractivity contribution is 6.05. The summed E-state index contributed by atoms with van der Waals surface area (Å²) in [5.41, 5.74) is 2.46. The number of ether oxygens (including phenoxy) is 1. The number of hydrogen-bond donors (Lipinski definition) is 0. The van der Waals surface area contributed by atoms with Gasteiger partial charge in [0, 0.05) is 31.2 Å². The van der Waals surface area contributed by atoms with Crippen molar-refractivity contribution in [3.63, 3.8) is 0 Å². The van der Waals surface area contributed by atoms with Crippen molar-refractivity contribution in [1.29, 1.82) is 0 Å². The van der Waals surface area contributed by atoms with E-state index in [0.717, 1.165) is 55.7 Å². The Balaban J connectivity index is 2.00. The largest absolute Gasteiger partial charge is 0.462 e. The Bertz CT molecular complexity index is 732. The average molecular weight is 341 g/mol. The van der Waals surface area contributed by atoms with E-state index >= 15 is 0 Å². The zero-order valence-corrected chi connectivity index (χ0v) is 15.2. The molecule has 1 aliphatic heterocycles. The standard InChI is InChI=1S/C20H27N3O2/c1-3-10-22-11-7-12-23(14-13-22)19-16-8-5-6-9-18(16)21-15-17(19)20(24)25-4-2/h5-6,8-9,15H,3-4,7,10-14H2,1-2H3. The van der Waals surface area contributed by atoms with Crippen LogP contribution in [0.25, 0.3) is 10.9 Å². The van der Waals surface area contributed by atoms with Crippen LogP contribution in [0, 0.1) is 0 Å². The third-order valence-corrected chi connectivity index (χ3v) is 4.69. The van der Waals surface area contributed by atoms with Crippen LogP contribution in [0.1, 0.15) is 37.0 Å². The van der Waals surface area contributed by atoms with Crippen molar-refractivity contribution in [3.05, 3.63) is 36.0 Å². The molecule has 3 rings (SSSR count). The predicted octanol–water partition coefficient (Wildman–Crippen LogP) is 3.33. The minimum absolute atomic E-state index is 0.287. The van der Waals surface area contributed by atoms with Crippen molar-refractivity contribution in [2.45, 2.75) is 26.7 Å². The molecular formula is C20H27N3O2. The Morgan fingerprint density at radius 2 is 2.00 bits per heavy atom. The number of pyridine rings is 1. The van der Waals surface area contributed by atoms with Gasteiger partial charge in [-0.25, -0.2) is 4.79 Å². The second-order valence-corrected chi connectivity index (χ2v) is 6.44. The lowest BCUT2D eigenvalue weighted by Gasteiger charge is -2.26. The highest BCUT2D eigenvalue weighted by Crippen LogP contribution is 2.31. The smallest absolute Gasteiger partial charge is 0.341 e. The summed E-state index contributed by atoms with van der Waals surface area (Å²) in [6, 6.07) is 8.03. The monoisotopic (exact) mass is 341 g/mol. The van der Waals surface area contributed by atoms with E-state index in [0.29, 0.717) is 12.2 Å². The SMILES string of the molecule is CCCN1CCCN(c2c(C(=O)OCC)cnc3ccccc23)CC1. The molecule has 5 nitrogen and oxygen atoms in total. The second-order valence-electron chi connectivity index (χ2n) is 6.44. The van der Waals surface area contributed by atoms with E-state index in [9.17, 15) is 4.79 Å². The zero-order valence-electron chi connectivity index (χ0n) is 15.2. The third-order valence-electron chi connectivity index (χ3n) is 4.69. The Morgan fingerprint density at radius 1 is 1.16 bits per heavy atom. The Morgan fingerprint density at radius 3 is 2.80 bits per heavy atom. The van der Waals surface area contributed by atoms with E-state index in [-0.39, 0.29) is 5.97 Å². The maximum atomic E-state index is 12.5. The molecule has 1 fully saturated rings. The van der Waals surface area contributed by atoms with Crippen LogP contribution in [-0.2, 0) is 4.74 Å². The van der Waals surface area contributed by atoms with E-state index in [2.05, 4.69) is 27.8 Å². The summed E-state index contributed by atoms with van der Waals surface area (Å²) in [6.07, 6.45) is 3.94. The van der Waals surface area contributed by atoms with Gasteiger partial charge in [-0.1, -0.05) is 25.1 Å². The fourth-order valence-corrected chi connectivity index (χ4v) is 3.56. The molecule has 2 heterocycles. The summed E-state index contributed by atoms with van der Waals surface area (Å²) in [5, 5.41) is 1.02. The number of rotatable bonds is 5. The van der Waals surface area contributed by atoms with Crippen molar-refractivity contribution in [3.8, 4) is 0 Å². The van der Waals surface area contributed by atoms with Gasteiger partial charge in [0.15, 0.2) is 0 Å². The Labute approximate surface area is 149 Å². The molecule has 1 aromatic carbocycles. The minimum Gasteiger partial charge on any atom is -0.462 e. The van der Waals surface area contributed by atoms with E-state index in [1.807, 2.05) is 25.1 Å². The lowest BCUT2D eigenvalue weighted by Crippen LogP contribution is -2.32. The maximum Gasteiger partial charge on any atom is 0.341 e. The summed E-state index contributed by atoms with van der Waals surface area (Å²) in [4.78, 5) is 21.8. The first kappa shape index (κ1) is 17.7. The van der Waals surface area contributed by atoms with Crippen molar-refractivity contribution in [2.75, 3.05) is 44.2 Å². The van der Waals surface area contributed by atoms with Crippen LogP contribution in [0.2, 0.25) is 0 Å². The molecule has 0 N–H and O–H groups in total. The number of fused-ring (bicyclic) bond motifs is 1. The first-order chi connectivity index (χ1) is 12.2. The highest BCUT2D eigenvalue weighted by atomic mass is 16.5. The normalized spacial score (nSPS) is 16.0. The van der Waals surface area contributed by atoms with Crippen LogP contribution in [0.15, 0.2) is 30.5 Å². The van der Waals surface area contributed by atoms with Crippen molar-refractivity contribution >= 4 is 22.6 Å². The van der Waals surface area contributed by atoms with E-state index in [4.69, 9.17) is 4.74 Å². The number of anilines is 1. The molecule has 0 bridgehead atoms. The molecule has 0 unspecified atom stereocenters. The number of nitrogens with zero attached hydrogens (tertiary/aromatic N) is 3. The number of hydrogen-bond acceptors (Lipinski definition) is 5. The quantitative estimate of drug-likeness (QED) is 0.781. The Hall–Kier alpha value is -2.14. The predicted molar refractivity (Wildman–Crippen MR) is 101 cm³/mol. The summed E-state index contributed by atoms with van der Waals surface area (Å²) >= 11 is 0. The van der Waals surface area contributed by atoms with Crippen molar-refractivity contribution in [1.82, 2.24) is 9.88 Å². The zero-order chi connectivity index (χ0) is 17.6. The molecule has 134 valence electrons. The molecule has 0 saturated carbocycles. The summed E-state index contributed by atoms with van der Waals surface area (Å²) in [7, 11) is 0. The molecule has 5 heteroatoms. The van der Waals surface area contributed by atoms with Gasteiger partial charge in [0.2, 0.25) is 0 Å².